The minimum Gasteiger partial charge on any atom is -0.310 e. The van der Waals surface area contributed by atoms with Crippen LogP contribution in [-0.2, 0) is 9.87 Å². The number of aromatic amines is 1. The third kappa shape index (κ3) is 3.32. The van der Waals surface area contributed by atoms with Crippen molar-refractivity contribution in [3.63, 3.8) is 0 Å². The van der Waals surface area contributed by atoms with Gasteiger partial charge >= 0.3 is 0 Å². The van der Waals surface area contributed by atoms with Gasteiger partial charge < -0.3 is 4.98 Å². The molecule has 138 valence electrons. The molecular formula is C16H22BN5O3S. The van der Waals surface area contributed by atoms with Crippen molar-refractivity contribution in [2.75, 3.05) is 13.1 Å². The number of hydrogen-bond acceptors (Lipinski definition) is 5. The van der Waals surface area contributed by atoms with Gasteiger partial charge in [-0.3, -0.25) is 4.79 Å². The van der Waals surface area contributed by atoms with Gasteiger partial charge in [-0.15, -0.1) is 0 Å². The van der Waals surface area contributed by atoms with Crippen LogP contribution >= 0.6 is 0 Å². The second-order valence-corrected chi connectivity index (χ2v) is 8.86. The standard InChI is InChI=1S/C16H22BN5O3S/c17-26(24,25)21-8-4-5-11(10-21)14-19-15-13(16(23)20-14)9-18-22(15)12-6-2-1-3-7-12/h9,11-12H,1-8,10H2,(H,19,20,23). The van der Waals surface area contributed by atoms with Crippen LogP contribution in [0.3, 0.4) is 0 Å². The van der Waals surface area contributed by atoms with Crippen molar-refractivity contribution in [3.8, 4) is 0 Å². The molecule has 26 heavy (non-hydrogen) atoms. The van der Waals surface area contributed by atoms with Gasteiger partial charge in [0, 0.05) is 19.0 Å². The molecule has 1 N–H and O–H groups in total. The molecule has 1 saturated carbocycles. The van der Waals surface area contributed by atoms with E-state index < -0.39 is 9.87 Å². The van der Waals surface area contributed by atoms with Gasteiger partial charge in [0.05, 0.1) is 12.2 Å². The second kappa shape index (κ2) is 6.81. The van der Waals surface area contributed by atoms with Crippen molar-refractivity contribution < 1.29 is 8.42 Å². The number of aromatic nitrogens is 4. The Morgan fingerprint density at radius 3 is 2.65 bits per heavy atom. The van der Waals surface area contributed by atoms with Crippen LogP contribution in [0.1, 0.15) is 62.7 Å². The molecule has 8 nitrogen and oxygen atoms in total. The molecule has 1 saturated heterocycles. The summed E-state index contributed by atoms with van der Waals surface area (Å²) in [5.74, 6) is 0.349. The maximum atomic E-state index is 12.5. The maximum absolute atomic E-state index is 12.5. The molecule has 0 aromatic carbocycles. The molecule has 1 unspecified atom stereocenters. The lowest BCUT2D eigenvalue weighted by Gasteiger charge is -2.30. The minimum absolute atomic E-state index is 0.172. The van der Waals surface area contributed by atoms with Crippen LogP contribution in [-0.4, -0.2) is 52.7 Å². The summed E-state index contributed by atoms with van der Waals surface area (Å²) in [6.07, 6.45) is 8.68. The highest BCUT2D eigenvalue weighted by atomic mass is 32.2. The lowest BCUT2D eigenvalue weighted by atomic mass is 9.96. The normalized spacial score (nSPS) is 23.5. The number of fused-ring (bicyclic) bond motifs is 1. The van der Waals surface area contributed by atoms with Crippen molar-refractivity contribution >= 4 is 28.0 Å². The minimum atomic E-state index is -3.74. The van der Waals surface area contributed by atoms with Gasteiger partial charge in [-0.2, -0.15) is 5.10 Å². The molecule has 3 heterocycles. The molecule has 4 rings (SSSR count). The van der Waals surface area contributed by atoms with Crippen LogP contribution in [0.25, 0.3) is 11.0 Å². The van der Waals surface area contributed by atoms with Crippen molar-refractivity contribution in [1.82, 2.24) is 24.1 Å². The van der Waals surface area contributed by atoms with Gasteiger partial charge in [-0.1, -0.05) is 19.3 Å². The molecule has 2 aromatic rings. The van der Waals surface area contributed by atoms with Crippen molar-refractivity contribution in [1.29, 1.82) is 0 Å². The first-order valence-corrected chi connectivity index (χ1v) is 10.7. The summed E-state index contributed by atoms with van der Waals surface area (Å²) in [7, 11) is 1.53. The summed E-state index contributed by atoms with van der Waals surface area (Å²) in [5, 5.41) is 4.91. The molecule has 2 aliphatic rings. The predicted molar refractivity (Wildman–Crippen MR) is 98.5 cm³/mol. The van der Waals surface area contributed by atoms with Crippen molar-refractivity contribution in [2.45, 2.75) is 56.9 Å². The molecular weight excluding hydrogens is 353 g/mol. The molecule has 2 fully saturated rings. The Kier molecular flexibility index (Phi) is 4.64. The highest BCUT2D eigenvalue weighted by Gasteiger charge is 2.29. The smallest absolute Gasteiger partial charge is 0.278 e. The summed E-state index contributed by atoms with van der Waals surface area (Å²) < 4.78 is 26.5. The monoisotopic (exact) mass is 375 g/mol. The summed E-state index contributed by atoms with van der Waals surface area (Å²) in [4.78, 5) is 20.0. The fraction of sp³-hybridized carbons (Fsp3) is 0.688. The van der Waals surface area contributed by atoms with E-state index in [1.54, 1.807) is 6.20 Å². The number of nitrogens with one attached hydrogen (secondary N) is 1. The van der Waals surface area contributed by atoms with Gasteiger partial charge in [-0.25, -0.2) is 22.4 Å². The third-order valence-corrected chi connectivity index (χ3v) is 6.58. The zero-order valence-electron chi connectivity index (χ0n) is 14.6. The molecule has 1 aliphatic carbocycles. The Labute approximate surface area is 153 Å². The molecule has 1 aliphatic heterocycles. The first-order valence-electron chi connectivity index (χ1n) is 9.19. The average molecular weight is 375 g/mol. The van der Waals surface area contributed by atoms with Crippen LogP contribution < -0.4 is 5.56 Å². The first kappa shape index (κ1) is 17.7. The zero-order chi connectivity index (χ0) is 18.3. The van der Waals surface area contributed by atoms with Gasteiger partial charge in [0.1, 0.15) is 11.2 Å². The fourth-order valence-electron chi connectivity index (χ4n) is 4.14. The van der Waals surface area contributed by atoms with Crippen LogP contribution in [0.5, 0.6) is 0 Å². The average Bonchev–Trinajstić information content (AvgIpc) is 3.06. The van der Waals surface area contributed by atoms with E-state index in [0.717, 1.165) is 32.1 Å². The van der Waals surface area contributed by atoms with Crippen molar-refractivity contribution in [3.05, 3.63) is 22.4 Å². The van der Waals surface area contributed by atoms with Crippen molar-refractivity contribution in [2.24, 2.45) is 0 Å². The molecule has 10 heteroatoms. The van der Waals surface area contributed by atoms with E-state index >= 15 is 0 Å². The lowest BCUT2D eigenvalue weighted by molar-refractivity contribution is 0.313. The summed E-state index contributed by atoms with van der Waals surface area (Å²) >= 11 is 0. The van der Waals surface area contributed by atoms with Gasteiger partial charge in [-0.05, 0) is 25.7 Å². The van der Waals surface area contributed by atoms with Crippen LogP contribution in [0.2, 0.25) is 0 Å². The molecule has 2 radical (unpaired) electrons. The fourth-order valence-corrected chi connectivity index (χ4v) is 4.91. The van der Waals surface area contributed by atoms with Crippen LogP contribution in [0.4, 0.5) is 0 Å². The topological polar surface area (TPSA) is 101 Å². The van der Waals surface area contributed by atoms with E-state index in [9.17, 15) is 13.2 Å². The van der Waals surface area contributed by atoms with E-state index in [2.05, 4.69) is 10.1 Å². The number of piperidine rings is 1. The molecule has 1 atom stereocenters. The quantitative estimate of drug-likeness (QED) is 0.813. The van der Waals surface area contributed by atoms with E-state index in [1.165, 1.54) is 10.7 Å². The Balaban J connectivity index is 1.71. The number of nitrogens with zero attached hydrogens (tertiary/aromatic N) is 4. The largest absolute Gasteiger partial charge is 0.310 e. The highest BCUT2D eigenvalue weighted by Crippen LogP contribution is 2.30. The predicted octanol–water partition coefficient (Wildman–Crippen LogP) is 1.22. The Morgan fingerprint density at radius 2 is 1.92 bits per heavy atom. The van der Waals surface area contributed by atoms with E-state index in [-0.39, 0.29) is 24.1 Å². The number of H-pyrrole nitrogens is 1. The summed E-state index contributed by atoms with van der Waals surface area (Å²) in [6, 6.07) is 0.274. The van der Waals surface area contributed by atoms with Gasteiger partial charge in [0.15, 0.2) is 15.5 Å². The second-order valence-electron chi connectivity index (χ2n) is 7.31. The maximum Gasteiger partial charge on any atom is 0.278 e. The molecule has 0 bridgehead atoms. The molecule has 0 spiro atoms. The number of hydrogen-bond donors (Lipinski definition) is 1. The van der Waals surface area contributed by atoms with Crippen LogP contribution in [0.15, 0.2) is 11.0 Å². The zero-order valence-corrected chi connectivity index (χ0v) is 15.4. The highest BCUT2D eigenvalue weighted by molar-refractivity contribution is 8.10. The Bertz CT molecular complexity index is 964. The lowest BCUT2D eigenvalue weighted by Crippen LogP contribution is -2.39. The Hall–Kier alpha value is -1.68. The third-order valence-electron chi connectivity index (χ3n) is 5.53. The van der Waals surface area contributed by atoms with E-state index in [1.807, 2.05) is 4.68 Å². The summed E-state index contributed by atoms with van der Waals surface area (Å²) in [5.41, 5.74) is 0.378. The summed E-state index contributed by atoms with van der Waals surface area (Å²) in [6.45, 7) is 0.645. The SMILES string of the molecule is [B]S(=O)(=O)N1CCCC(c2nc3c(cnn3C3CCCCC3)c(=O)[nH]2)C1. The number of rotatable bonds is 3. The van der Waals surface area contributed by atoms with E-state index in [4.69, 9.17) is 12.1 Å². The van der Waals surface area contributed by atoms with Gasteiger partial charge in [0.2, 0.25) is 0 Å². The molecule has 2 aromatic heterocycles. The first-order chi connectivity index (χ1) is 12.4. The van der Waals surface area contributed by atoms with Crippen LogP contribution in [0, 0.1) is 0 Å². The Morgan fingerprint density at radius 1 is 1.15 bits per heavy atom. The molecule has 0 amide bonds. The van der Waals surface area contributed by atoms with E-state index in [0.29, 0.717) is 29.8 Å². The van der Waals surface area contributed by atoms with Gasteiger partial charge in [0.25, 0.3) is 12.7 Å².